The Morgan fingerprint density at radius 3 is 2.62 bits per heavy atom. The van der Waals surface area contributed by atoms with Crippen LogP contribution in [0.15, 0.2) is 67.1 Å². The summed E-state index contributed by atoms with van der Waals surface area (Å²) < 4.78 is 5.46. The predicted octanol–water partition coefficient (Wildman–Crippen LogP) is 3.70. The van der Waals surface area contributed by atoms with Gasteiger partial charge in [-0.25, -0.2) is 4.79 Å². The number of nitrogens with one attached hydrogen (secondary N) is 2. The van der Waals surface area contributed by atoms with Crippen LogP contribution >= 0.6 is 0 Å². The Bertz CT molecular complexity index is 884. The quantitative estimate of drug-likeness (QED) is 0.737. The van der Waals surface area contributed by atoms with Crippen LogP contribution in [0.3, 0.4) is 0 Å². The van der Waals surface area contributed by atoms with Gasteiger partial charge < -0.3 is 15.4 Å². The van der Waals surface area contributed by atoms with Gasteiger partial charge in [-0.15, -0.1) is 0 Å². The smallest absolute Gasteiger partial charge is 0.320 e. The summed E-state index contributed by atoms with van der Waals surface area (Å²) >= 11 is 0. The molecule has 0 aliphatic rings. The highest BCUT2D eigenvalue weighted by Crippen LogP contribution is 2.29. The number of pyridine rings is 2. The third-order valence-electron chi connectivity index (χ3n) is 3.98. The van der Waals surface area contributed by atoms with E-state index in [2.05, 4.69) is 20.6 Å². The Morgan fingerprint density at radius 1 is 1.08 bits per heavy atom. The number of ether oxygens (including phenoxy) is 1. The fraction of sp³-hybridized carbons (Fsp3) is 0.150. The van der Waals surface area contributed by atoms with E-state index in [9.17, 15) is 4.79 Å². The van der Waals surface area contributed by atoms with Crippen LogP contribution in [0, 0.1) is 6.92 Å². The highest BCUT2D eigenvalue weighted by molar-refractivity contribution is 5.90. The average Bonchev–Trinajstić information content (AvgIpc) is 2.68. The van der Waals surface area contributed by atoms with Gasteiger partial charge in [0.15, 0.2) is 0 Å². The average molecular weight is 348 g/mol. The van der Waals surface area contributed by atoms with Crippen LogP contribution in [0.25, 0.3) is 0 Å². The van der Waals surface area contributed by atoms with Crippen LogP contribution in [-0.2, 0) is 0 Å². The number of amides is 2. The van der Waals surface area contributed by atoms with Gasteiger partial charge in [-0.05, 0) is 36.8 Å². The molecular formula is C20H20N4O2. The van der Waals surface area contributed by atoms with Crippen molar-refractivity contribution in [3.05, 3.63) is 83.9 Å². The summed E-state index contributed by atoms with van der Waals surface area (Å²) in [5.74, 6) is 0.684. The van der Waals surface area contributed by atoms with Gasteiger partial charge in [0.2, 0.25) is 0 Å². The number of aromatic nitrogens is 2. The molecule has 6 nitrogen and oxygen atoms in total. The van der Waals surface area contributed by atoms with Crippen LogP contribution in [0.2, 0.25) is 0 Å². The first-order valence-electron chi connectivity index (χ1n) is 8.21. The highest BCUT2D eigenvalue weighted by atomic mass is 16.5. The Balaban J connectivity index is 1.89. The molecule has 132 valence electrons. The molecule has 0 unspecified atom stereocenters. The van der Waals surface area contributed by atoms with Crippen molar-refractivity contribution in [1.29, 1.82) is 0 Å². The lowest BCUT2D eigenvalue weighted by molar-refractivity contribution is 0.249. The van der Waals surface area contributed by atoms with Gasteiger partial charge in [0.1, 0.15) is 11.8 Å². The van der Waals surface area contributed by atoms with E-state index < -0.39 is 6.04 Å². The summed E-state index contributed by atoms with van der Waals surface area (Å²) in [7, 11) is 1.61. The van der Waals surface area contributed by atoms with Crippen LogP contribution in [0.1, 0.15) is 22.9 Å². The normalized spacial score (nSPS) is 11.5. The van der Waals surface area contributed by atoms with E-state index in [1.807, 2.05) is 49.4 Å². The molecule has 2 aromatic heterocycles. The van der Waals surface area contributed by atoms with E-state index >= 15 is 0 Å². The number of nitrogens with zero attached hydrogens (tertiary/aromatic N) is 2. The van der Waals surface area contributed by atoms with Crippen molar-refractivity contribution >= 4 is 11.7 Å². The number of aryl methyl sites for hydroxylation is 1. The second kappa shape index (κ2) is 8.11. The molecule has 0 bridgehead atoms. The maximum atomic E-state index is 12.6. The van der Waals surface area contributed by atoms with E-state index in [0.29, 0.717) is 11.4 Å². The molecule has 0 radical (unpaired) electrons. The van der Waals surface area contributed by atoms with Crippen LogP contribution in [-0.4, -0.2) is 23.1 Å². The summed E-state index contributed by atoms with van der Waals surface area (Å²) in [5.41, 5.74) is 3.14. The SMILES string of the molecule is COc1ccccc1[C@H](NC(=O)Nc1ccncc1C)c1ccccn1. The molecule has 1 atom stereocenters. The Kier molecular flexibility index (Phi) is 5.43. The fourth-order valence-corrected chi connectivity index (χ4v) is 2.67. The van der Waals surface area contributed by atoms with Crippen molar-refractivity contribution in [1.82, 2.24) is 15.3 Å². The topological polar surface area (TPSA) is 76.1 Å². The molecule has 3 rings (SSSR count). The van der Waals surface area contributed by atoms with Gasteiger partial charge in [-0.2, -0.15) is 0 Å². The number of methoxy groups -OCH3 is 1. The first kappa shape index (κ1) is 17.4. The molecule has 2 N–H and O–H groups in total. The fourth-order valence-electron chi connectivity index (χ4n) is 2.67. The molecule has 2 heterocycles. The van der Waals surface area contributed by atoms with E-state index in [-0.39, 0.29) is 6.03 Å². The van der Waals surface area contributed by atoms with Crippen molar-refractivity contribution < 1.29 is 9.53 Å². The number of anilines is 1. The molecule has 0 spiro atoms. The number of carbonyl (C=O) groups excluding carboxylic acids is 1. The molecule has 0 aliphatic carbocycles. The van der Waals surface area contributed by atoms with E-state index in [1.165, 1.54) is 0 Å². The van der Waals surface area contributed by atoms with E-state index in [4.69, 9.17) is 4.74 Å². The minimum Gasteiger partial charge on any atom is -0.496 e. The van der Waals surface area contributed by atoms with Crippen LogP contribution in [0.5, 0.6) is 5.75 Å². The zero-order chi connectivity index (χ0) is 18.4. The molecule has 0 fully saturated rings. The Labute approximate surface area is 152 Å². The van der Waals surface area contributed by atoms with Crippen molar-refractivity contribution in [3.8, 4) is 5.75 Å². The lowest BCUT2D eigenvalue weighted by Gasteiger charge is -2.21. The van der Waals surface area contributed by atoms with Crippen LogP contribution in [0.4, 0.5) is 10.5 Å². The van der Waals surface area contributed by atoms with Gasteiger partial charge in [-0.1, -0.05) is 24.3 Å². The molecule has 2 amide bonds. The van der Waals surface area contributed by atoms with Gasteiger partial charge in [0.25, 0.3) is 0 Å². The van der Waals surface area contributed by atoms with E-state index in [1.54, 1.807) is 31.8 Å². The maximum absolute atomic E-state index is 12.6. The Hall–Kier alpha value is -3.41. The molecule has 0 saturated carbocycles. The lowest BCUT2D eigenvalue weighted by atomic mass is 10.0. The van der Waals surface area contributed by atoms with Gasteiger partial charge in [0.05, 0.1) is 12.8 Å². The summed E-state index contributed by atoms with van der Waals surface area (Å²) in [6.07, 6.45) is 5.04. The second-order valence-electron chi connectivity index (χ2n) is 5.72. The first-order valence-corrected chi connectivity index (χ1v) is 8.21. The minimum absolute atomic E-state index is 0.333. The molecule has 26 heavy (non-hydrogen) atoms. The predicted molar refractivity (Wildman–Crippen MR) is 100 cm³/mol. The van der Waals surface area contributed by atoms with Gasteiger partial charge >= 0.3 is 6.03 Å². The first-order chi connectivity index (χ1) is 12.7. The molecule has 3 aromatic rings. The molecule has 0 saturated heterocycles. The summed E-state index contributed by atoms with van der Waals surface area (Å²) in [4.78, 5) is 21.0. The third-order valence-corrected chi connectivity index (χ3v) is 3.98. The maximum Gasteiger partial charge on any atom is 0.320 e. The number of hydrogen-bond donors (Lipinski definition) is 2. The number of hydrogen-bond acceptors (Lipinski definition) is 4. The largest absolute Gasteiger partial charge is 0.496 e. The van der Waals surface area contributed by atoms with Crippen molar-refractivity contribution in [2.24, 2.45) is 0 Å². The zero-order valence-electron chi connectivity index (χ0n) is 14.6. The van der Waals surface area contributed by atoms with Crippen molar-refractivity contribution in [3.63, 3.8) is 0 Å². The van der Waals surface area contributed by atoms with Gasteiger partial charge in [0, 0.05) is 29.8 Å². The summed E-state index contributed by atoms with van der Waals surface area (Å²) in [5, 5.41) is 5.85. The summed E-state index contributed by atoms with van der Waals surface area (Å²) in [6.45, 7) is 1.89. The van der Waals surface area contributed by atoms with Crippen molar-refractivity contribution in [2.45, 2.75) is 13.0 Å². The number of urea groups is 1. The molecule has 1 aromatic carbocycles. The number of carbonyl (C=O) groups is 1. The number of rotatable bonds is 5. The van der Waals surface area contributed by atoms with Gasteiger partial charge in [-0.3, -0.25) is 9.97 Å². The molecule has 6 heteroatoms. The third kappa shape index (κ3) is 3.97. The second-order valence-corrected chi connectivity index (χ2v) is 5.72. The molecular weight excluding hydrogens is 328 g/mol. The van der Waals surface area contributed by atoms with Crippen LogP contribution < -0.4 is 15.4 Å². The molecule has 0 aliphatic heterocycles. The number of benzene rings is 1. The Morgan fingerprint density at radius 2 is 1.88 bits per heavy atom. The summed E-state index contributed by atoms with van der Waals surface area (Å²) in [6, 6.07) is 14.1. The van der Waals surface area contributed by atoms with Crippen molar-refractivity contribution in [2.75, 3.05) is 12.4 Å². The minimum atomic E-state index is -0.450. The lowest BCUT2D eigenvalue weighted by Crippen LogP contribution is -2.34. The zero-order valence-corrected chi connectivity index (χ0v) is 14.6. The highest BCUT2D eigenvalue weighted by Gasteiger charge is 2.21. The standard InChI is InChI=1S/C20H20N4O2/c1-14-13-21-12-10-16(14)23-20(25)24-19(17-8-5-6-11-22-17)15-7-3-4-9-18(15)26-2/h3-13,19H,1-2H3,(H2,21,23,24,25)/t19-/m0/s1. The number of para-hydroxylation sites is 1. The monoisotopic (exact) mass is 348 g/mol. The van der Waals surface area contributed by atoms with E-state index in [0.717, 1.165) is 16.8 Å².